The minimum atomic E-state index is -3.21. The van der Waals surface area contributed by atoms with Crippen molar-refractivity contribution in [3.8, 4) is 0 Å². The molecule has 2 saturated heterocycles. The Hall–Kier alpha value is -0.700. The molecule has 0 spiro atoms. The van der Waals surface area contributed by atoms with Crippen LogP contribution in [-0.4, -0.2) is 82.3 Å². The largest absolute Gasteiger partial charge is 0.371 e. The van der Waals surface area contributed by atoms with E-state index < -0.39 is 10.0 Å². The van der Waals surface area contributed by atoms with Gasteiger partial charge in [0.2, 0.25) is 15.9 Å². The van der Waals surface area contributed by atoms with Crippen molar-refractivity contribution in [2.45, 2.75) is 18.6 Å². The van der Waals surface area contributed by atoms with E-state index >= 15 is 0 Å². The third-order valence-corrected chi connectivity index (χ3v) is 5.02. The summed E-state index contributed by atoms with van der Waals surface area (Å²) in [5, 5.41) is 2.89. The highest BCUT2D eigenvalue weighted by molar-refractivity contribution is 7.88. The number of fused-ring (bicyclic) bond motifs is 2. The van der Waals surface area contributed by atoms with Crippen LogP contribution in [0.25, 0.3) is 0 Å². The average molecular weight is 305 g/mol. The van der Waals surface area contributed by atoms with E-state index in [9.17, 15) is 13.2 Å². The number of sulfonamides is 1. The number of likely N-dealkylation sites (N-methyl/N-ethyl adjacent to an activating group) is 1. The van der Waals surface area contributed by atoms with E-state index in [1.807, 2.05) is 19.0 Å². The Morgan fingerprint density at radius 2 is 2.10 bits per heavy atom. The summed E-state index contributed by atoms with van der Waals surface area (Å²) in [6.45, 7) is 2.01. The first-order chi connectivity index (χ1) is 9.27. The topological polar surface area (TPSA) is 79.0 Å². The smallest absolute Gasteiger partial charge is 0.225 e. The van der Waals surface area contributed by atoms with Crippen LogP contribution in [0, 0.1) is 5.92 Å². The van der Waals surface area contributed by atoms with E-state index in [2.05, 4.69) is 5.32 Å². The van der Waals surface area contributed by atoms with Gasteiger partial charge in [0.05, 0.1) is 24.4 Å². The zero-order valence-electron chi connectivity index (χ0n) is 12.2. The van der Waals surface area contributed by atoms with E-state index in [4.69, 9.17) is 4.74 Å². The molecule has 2 rings (SSSR count). The van der Waals surface area contributed by atoms with Gasteiger partial charge in [-0.1, -0.05) is 0 Å². The van der Waals surface area contributed by atoms with Crippen molar-refractivity contribution in [2.24, 2.45) is 5.92 Å². The van der Waals surface area contributed by atoms with Crippen LogP contribution in [0.5, 0.6) is 0 Å². The minimum absolute atomic E-state index is 0.0327. The van der Waals surface area contributed by atoms with Crippen LogP contribution in [-0.2, 0) is 19.6 Å². The second-order valence-corrected chi connectivity index (χ2v) is 7.80. The molecular weight excluding hydrogens is 282 g/mol. The zero-order chi connectivity index (χ0) is 14.9. The molecule has 3 unspecified atom stereocenters. The van der Waals surface area contributed by atoms with E-state index in [0.29, 0.717) is 19.5 Å². The predicted molar refractivity (Wildman–Crippen MR) is 74.7 cm³/mol. The number of carbonyl (C=O) groups is 1. The van der Waals surface area contributed by atoms with Gasteiger partial charge in [0.1, 0.15) is 0 Å². The highest BCUT2D eigenvalue weighted by Crippen LogP contribution is 2.32. The molecule has 1 N–H and O–H groups in total. The second-order valence-electron chi connectivity index (χ2n) is 5.81. The maximum absolute atomic E-state index is 12.1. The Morgan fingerprint density at radius 1 is 1.40 bits per heavy atom. The first-order valence-corrected chi connectivity index (χ1v) is 8.65. The zero-order valence-corrected chi connectivity index (χ0v) is 13.0. The van der Waals surface area contributed by atoms with Crippen molar-refractivity contribution in [1.82, 2.24) is 14.5 Å². The Bertz CT molecular complexity index is 465. The second kappa shape index (κ2) is 5.97. The van der Waals surface area contributed by atoms with Gasteiger partial charge >= 0.3 is 0 Å². The van der Waals surface area contributed by atoms with Crippen LogP contribution in [0.2, 0.25) is 0 Å². The number of rotatable bonds is 5. The van der Waals surface area contributed by atoms with Crippen molar-refractivity contribution >= 4 is 15.9 Å². The molecule has 7 nitrogen and oxygen atoms in total. The summed E-state index contributed by atoms with van der Waals surface area (Å²) in [4.78, 5) is 14.1. The van der Waals surface area contributed by atoms with E-state index in [1.165, 1.54) is 10.6 Å². The Morgan fingerprint density at radius 3 is 2.70 bits per heavy atom. The van der Waals surface area contributed by atoms with Gasteiger partial charge in [0, 0.05) is 26.2 Å². The van der Waals surface area contributed by atoms with Crippen molar-refractivity contribution in [1.29, 1.82) is 0 Å². The monoisotopic (exact) mass is 305 g/mol. The lowest BCUT2D eigenvalue weighted by Gasteiger charge is -2.30. The molecule has 2 aliphatic rings. The van der Waals surface area contributed by atoms with Crippen molar-refractivity contribution in [3.63, 3.8) is 0 Å². The molecule has 1 amide bonds. The van der Waals surface area contributed by atoms with Crippen LogP contribution in [0.4, 0.5) is 0 Å². The molecule has 20 heavy (non-hydrogen) atoms. The van der Waals surface area contributed by atoms with Crippen LogP contribution in [0.1, 0.15) is 6.42 Å². The Balaban J connectivity index is 1.91. The summed E-state index contributed by atoms with van der Waals surface area (Å²) in [5.41, 5.74) is 0. The molecular formula is C12H23N3O4S. The summed E-state index contributed by atoms with van der Waals surface area (Å²) in [5.74, 6) is -0.274. The fourth-order valence-corrected chi connectivity index (χ4v) is 3.56. The third kappa shape index (κ3) is 3.69. The highest BCUT2D eigenvalue weighted by atomic mass is 32.2. The quantitative estimate of drug-likeness (QED) is 0.684. The average Bonchev–Trinajstić information content (AvgIpc) is 2.62. The molecule has 116 valence electrons. The molecule has 0 aromatic carbocycles. The van der Waals surface area contributed by atoms with Gasteiger partial charge in [-0.15, -0.1) is 0 Å². The van der Waals surface area contributed by atoms with Crippen molar-refractivity contribution in [2.75, 3.05) is 46.5 Å². The van der Waals surface area contributed by atoms with E-state index in [0.717, 1.165) is 6.54 Å². The van der Waals surface area contributed by atoms with Gasteiger partial charge in [-0.3, -0.25) is 4.79 Å². The molecule has 0 aliphatic carbocycles. The SMILES string of the molecule is CN(C)CCNC(=O)C1CC2CN(S(C)(=O)=O)CC1O2. The molecule has 0 aromatic heterocycles. The van der Waals surface area contributed by atoms with Gasteiger partial charge in [0.25, 0.3) is 0 Å². The highest BCUT2D eigenvalue weighted by Gasteiger charge is 2.46. The molecule has 0 radical (unpaired) electrons. The summed E-state index contributed by atoms with van der Waals surface area (Å²) in [6, 6.07) is 0. The molecule has 0 aromatic rings. The van der Waals surface area contributed by atoms with Gasteiger partial charge in [-0.05, 0) is 20.5 Å². The molecule has 8 heteroatoms. The molecule has 2 heterocycles. The van der Waals surface area contributed by atoms with Gasteiger partial charge in [0.15, 0.2) is 0 Å². The summed E-state index contributed by atoms with van der Waals surface area (Å²) in [6.07, 6.45) is 1.32. The van der Waals surface area contributed by atoms with Crippen molar-refractivity contribution < 1.29 is 17.9 Å². The number of morpholine rings is 1. The summed E-state index contributed by atoms with van der Waals surface area (Å²) >= 11 is 0. The lowest BCUT2D eigenvalue weighted by atomic mass is 9.99. The van der Waals surface area contributed by atoms with Crippen molar-refractivity contribution in [3.05, 3.63) is 0 Å². The maximum atomic E-state index is 12.1. The third-order valence-electron chi connectivity index (χ3n) is 3.79. The lowest BCUT2D eigenvalue weighted by molar-refractivity contribution is -0.127. The first kappa shape index (κ1) is 15.7. The maximum Gasteiger partial charge on any atom is 0.225 e. The summed E-state index contributed by atoms with van der Waals surface area (Å²) < 4.78 is 30.3. The number of amides is 1. The van der Waals surface area contributed by atoms with E-state index in [-0.39, 0.29) is 30.6 Å². The minimum Gasteiger partial charge on any atom is -0.371 e. The number of ether oxygens (including phenoxy) is 1. The normalized spacial score (nSPS) is 30.7. The van der Waals surface area contributed by atoms with Crippen LogP contribution < -0.4 is 5.32 Å². The summed E-state index contributed by atoms with van der Waals surface area (Å²) in [7, 11) is 0.678. The van der Waals surface area contributed by atoms with E-state index in [1.54, 1.807) is 0 Å². The van der Waals surface area contributed by atoms with Crippen LogP contribution in [0.3, 0.4) is 0 Å². The lowest BCUT2D eigenvalue weighted by Crippen LogP contribution is -2.47. The van der Waals surface area contributed by atoms with Crippen LogP contribution in [0.15, 0.2) is 0 Å². The van der Waals surface area contributed by atoms with Crippen LogP contribution >= 0.6 is 0 Å². The standard InChI is InChI=1S/C12H23N3O4S/c1-14(2)5-4-13-12(16)10-6-9-7-15(20(3,17)18)8-11(10)19-9/h9-11H,4-8H2,1-3H3,(H,13,16). The molecule has 0 saturated carbocycles. The van der Waals surface area contributed by atoms with Gasteiger partial charge in [-0.2, -0.15) is 4.31 Å². The fourth-order valence-electron chi connectivity index (χ4n) is 2.70. The molecule has 2 bridgehead atoms. The first-order valence-electron chi connectivity index (χ1n) is 6.80. The number of hydrogen-bond acceptors (Lipinski definition) is 5. The van der Waals surface area contributed by atoms with Gasteiger partial charge in [-0.25, -0.2) is 8.42 Å². The number of hydrogen-bond donors (Lipinski definition) is 1. The number of carbonyl (C=O) groups excluding carboxylic acids is 1. The predicted octanol–water partition coefficient (Wildman–Crippen LogP) is -1.29. The molecule has 3 atom stereocenters. The number of nitrogens with one attached hydrogen (secondary N) is 1. The fraction of sp³-hybridized carbons (Fsp3) is 0.917. The molecule has 2 fully saturated rings. The Labute approximate surface area is 120 Å². The van der Waals surface area contributed by atoms with Gasteiger partial charge < -0.3 is 15.0 Å². The number of nitrogens with zero attached hydrogens (tertiary/aromatic N) is 2. The Kier molecular flexibility index (Phi) is 4.68. The molecule has 2 aliphatic heterocycles.